The molecular weight excluding hydrogens is 251 g/mol. The molecular formula is C9H6BrFN2O. The summed E-state index contributed by atoms with van der Waals surface area (Å²) in [5, 5.41) is -0.000579. The van der Waals surface area contributed by atoms with Gasteiger partial charge < -0.3 is 4.98 Å². The number of aryl methyl sites for hydroxylation is 1. The molecule has 0 aliphatic carbocycles. The molecule has 72 valence electrons. The zero-order chi connectivity index (χ0) is 10.3. The van der Waals surface area contributed by atoms with Gasteiger partial charge in [0.05, 0.1) is 16.3 Å². The van der Waals surface area contributed by atoms with E-state index in [0.717, 1.165) is 5.56 Å². The first kappa shape index (κ1) is 9.33. The van der Waals surface area contributed by atoms with E-state index >= 15 is 0 Å². The van der Waals surface area contributed by atoms with Crippen molar-refractivity contribution in [2.75, 3.05) is 0 Å². The van der Waals surface area contributed by atoms with E-state index in [1.807, 2.05) is 0 Å². The van der Waals surface area contributed by atoms with Crippen molar-refractivity contribution < 1.29 is 4.39 Å². The Hall–Kier alpha value is -1.23. The van der Waals surface area contributed by atoms with Crippen LogP contribution in [0.15, 0.2) is 21.7 Å². The van der Waals surface area contributed by atoms with Crippen molar-refractivity contribution in [2.45, 2.75) is 6.92 Å². The van der Waals surface area contributed by atoms with Gasteiger partial charge in [-0.05, 0) is 34.5 Å². The van der Waals surface area contributed by atoms with E-state index in [-0.39, 0.29) is 9.86 Å². The fraction of sp³-hybridized carbons (Fsp3) is 0.111. The van der Waals surface area contributed by atoms with E-state index in [1.165, 1.54) is 6.33 Å². The van der Waals surface area contributed by atoms with Gasteiger partial charge >= 0.3 is 0 Å². The Bertz CT molecular complexity index is 564. The number of hydrogen-bond donors (Lipinski definition) is 1. The van der Waals surface area contributed by atoms with Crippen molar-refractivity contribution in [3.05, 3.63) is 38.6 Å². The summed E-state index contributed by atoms with van der Waals surface area (Å²) < 4.78 is 13.8. The lowest BCUT2D eigenvalue weighted by molar-refractivity contribution is 0.631. The molecule has 5 heteroatoms. The van der Waals surface area contributed by atoms with Crippen molar-refractivity contribution in [3.63, 3.8) is 0 Å². The van der Waals surface area contributed by atoms with E-state index in [9.17, 15) is 9.18 Å². The van der Waals surface area contributed by atoms with Crippen LogP contribution < -0.4 is 5.56 Å². The number of nitrogens with zero attached hydrogens (tertiary/aromatic N) is 1. The van der Waals surface area contributed by atoms with E-state index in [1.54, 1.807) is 13.0 Å². The van der Waals surface area contributed by atoms with Crippen molar-refractivity contribution >= 4 is 26.8 Å². The molecule has 0 saturated carbocycles. The number of hydrogen-bond acceptors (Lipinski definition) is 2. The SMILES string of the molecule is Cc1cc(Br)c(F)c2c(=O)[nH]cnc12. The molecule has 14 heavy (non-hydrogen) atoms. The molecule has 0 spiro atoms. The Balaban J connectivity index is 3.11. The Morgan fingerprint density at radius 2 is 2.29 bits per heavy atom. The van der Waals surface area contributed by atoms with Crippen LogP contribution in [0.3, 0.4) is 0 Å². The standard InChI is InChI=1S/C9H6BrFN2O/c1-4-2-5(10)7(11)6-8(4)12-3-13-9(6)14/h2-3H,1H3,(H,12,13,14). The number of H-pyrrole nitrogens is 1. The lowest BCUT2D eigenvalue weighted by Gasteiger charge is -2.02. The third-order valence-corrected chi connectivity index (χ3v) is 2.58. The fourth-order valence-corrected chi connectivity index (χ4v) is 1.89. The fourth-order valence-electron chi connectivity index (χ4n) is 1.34. The Morgan fingerprint density at radius 3 is 3.00 bits per heavy atom. The number of aromatic amines is 1. The number of nitrogens with one attached hydrogen (secondary N) is 1. The van der Waals surface area contributed by atoms with Crippen LogP contribution in [0.2, 0.25) is 0 Å². The summed E-state index contributed by atoms with van der Waals surface area (Å²) in [6, 6.07) is 1.60. The lowest BCUT2D eigenvalue weighted by Crippen LogP contribution is -2.09. The second-order valence-corrected chi connectivity index (χ2v) is 3.80. The maximum atomic E-state index is 13.5. The van der Waals surface area contributed by atoms with E-state index < -0.39 is 11.4 Å². The second kappa shape index (κ2) is 3.16. The molecule has 3 nitrogen and oxygen atoms in total. The van der Waals surface area contributed by atoms with Gasteiger partial charge in [-0.1, -0.05) is 0 Å². The summed E-state index contributed by atoms with van der Waals surface area (Å²) in [6.07, 6.45) is 1.27. The summed E-state index contributed by atoms with van der Waals surface area (Å²) in [4.78, 5) is 17.6. The quantitative estimate of drug-likeness (QED) is 0.785. The molecule has 0 radical (unpaired) electrons. The Morgan fingerprint density at radius 1 is 1.57 bits per heavy atom. The Labute approximate surface area is 87.1 Å². The molecule has 0 unspecified atom stereocenters. The first-order valence-corrected chi connectivity index (χ1v) is 4.72. The number of fused-ring (bicyclic) bond motifs is 1. The first-order valence-electron chi connectivity index (χ1n) is 3.93. The molecule has 2 aromatic rings. The predicted octanol–water partition coefficient (Wildman–Crippen LogP) is 2.13. The first-order chi connectivity index (χ1) is 6.61. The minimum absolute atomic E-state index is 0.000579. The molecule has 0 bridgehead atoms. The average molecular weight is 257 g/mol. The molecule has 1 aromatic heterocycles. The van der Waals surface area contributed by atoms with E-state index in [2.05, 4.69) is 25.9 Å². The van der Waals surface area contributed by atoms with E-state index in [4.69, 9.17) is 0 Å². The molecule has 1 N–H and O–H groups in total. The van der Waals surface area contributed by atoms with Crippen LogP contribution in [-0.2, 0) is 0 Å². The van der Waals surface area contributed by atoms with Crippen molar-refractivity contribution in [1.82, 2.24) is 9.97 Å². The van der Waals surface area contributed by atoms with Gasteiger partial charge in [-0.2, -0.15) is 0 Å². The summed E-state index contributed by atoms with van der Waals surface area (Å²) in [7, 11) is 0. The summed E-state index contributed by atoms with van der Waals surface area (Å²) in [5.74, 6) is -0.569. The molecule has 0 atom stereocenters. The predicted molar refractivity (Wildman–Crippen MR) is 54.8 cm³/mol. The molecule has 1 heterocycles. The minimum Gasteiger partial charge on any atom is -0.313 e. The van der Waals surface area contributed by atoms with Gasteiger partial charge in [0.1, 0.15) is 5.39 Å². The lowest BCUT2D eigenvalue weighted by atomic mass is 10.1. The monoisotopic (exact) mass is 256 g/mol. The van der Waals surface area contributed by atoms with Crippen LogP contribution in [-0.4, -0.2) is 9.97 Å². The van der Waals surface area contributed by atoms with Gasteiger partial charge in [0.15, 0.2) is 5.82 Å². The number of aromatic nitrogens is 2. The molecule has 0 aliphatic heterocycles. The van der Waals surface area contributed by atoms with Crippen molar-refractivity contribution in [2.24, 2.45) is 0 Å². The largest absolute Gasteiger partial charge is 0.313 e. The topological polar surface area (TPSA) is 45.8 Å². The molecule has 0 saturated heterocycles. The highest BCUT2D eigenvalue weighted by Crippen LogP contribution is 2.23. The third kappa shape index (κ3) is 1.24. The number of benzene rings is 1. The van der Waals surface area contributed by atoms with Crippen molar-refractivity contribution in [3.8, 4) is 0 Å². The van der Waals surface area contributed by atoms with Gasteiger partial charge in [0.25, 0.3) is 5.56 Å². The molecule has 2 rings (SSSR count). The number of halogens is 2. The maximum absolute atomic E-state index is 13.5. The van der Waals surface area contributed by atoms with Crippen LogP contribution in [0.1, 0.15) is 5.56 Å². The third-order valence-electron chi connectivity index (χ3n) is 2.00. The molecule has 0 amide bonds. The highest BCUT2D eigenvalue weighted by Gasteiger charge is 2.11. The number of rotatable bonds is 0. The van der Waals surface area contributed by atoms with Gasteiger partial charge in [0.2, 0.25) is 0 Å². The zero-order valence-corrected chi connectivity index (χ0v) is 8.85. The Kier molecular flexibility index (Phi) is 2.11. The highest BCUT2D eigenvalue weighted by molar-refractivity contribution is 9.10. The van der Waals surface area contributed by atoms with Gasteiger partial charge in [-0.3, -0.25) is 4.79 Å². The second-order valence-electron chi connectivity index (χ2n) is 2.94. The van der Waals surface area contributed by atoms with Crippen LogP contribution in [0.4, 0.5) is 4.39 Å². The maximum Gasteiger partial charge on any atom is 0.261 e. The normalized spacial score (nSPS) is 10.8. The molecule has 0 aliphatic rings. The van der Waals surface area contributed by atoms with Gasteiger partial charge in [-0.15, -0.1) is 0 Å². The van der Waals surface area contributed by atoms with Gasteiger partial charge in [0, 0.05) is 0 Å². The summed E-state index contributed by atoms with van der Waals surface area (Å²) in [5.41, 5.74) is 0.700. The van der Waals surface area contributed by atoms with Crippen LogP contribution in [0.5, 0.6) is 0 Å². The summed E-state index contributed by atoms with van der Waals surface area (Å²) in [6.45, 7) is 1.78. The molecule has 1 aromatic carbocycles. The minimum atomic E-state index is -0.569. The smallest absolute Gasteiger partial charge is 0.261 e. The zero-order valence-electron chi connectivity index (χ0n) is 7.27. The van der Waals surface area contributed by atoms with Crippen LogP contribution in [0.25, 0.3) is 10.9 Å². The van der Waals surface area contributed by atoms with Crippen molar-refractivity contribution in [1.29, 1.82) is 0 Å². The van der Waals surface area contributed by atoms with E-state index in [0.29, 0.717) is 5.52 Å². The van der Waals surface area contributed by atoms with Gasteiger partial charge in [-0.25, -0.2) is 9.37 Å². The highest BCUT2D eigenvalue weighted by atomic mass is 79.9. The average Bonchev–Trinajstić information content (AvgIpc) is 2.14. The summed E-state index contributed by atoms with van der Waals surface area (Å²) >= 11 is 3.05. The van der Waals surface area contributed by atoms with Crippen LogP contribution in [0, 0.1) is 12.7 Å². The molecule has 0 fully saturated rings. The van der Waals surface area contributed by atoms with Crippen LogP contribution >= 0.6 is 15.9 Å².